The van der Waals surface area contributed by atoms with Gasteiger partial charge in [-0.15, -0.1) is 0 Å². The summed E-state index contributed by atoms with van der Waals surface area (Å²) >= 11 is 0. The van der Waals surface area contributed by atoms with Gasteiger partial charge < -0.3 is 25.7 Å². The normalized spacial score (nSPS) is 14.6. The summed E-state index contributed by atoms with van der Waals surface area (Å²) in [4.78, 5) is 12.4. The highest BCUT2D eigenvalue weighted by atomic mass is 16.3. The molecule has 5 N–H and O–H groups in total. The van der Waals surface area contributed by atoms with Crippen LogP contribution in [0.4, 0.5) is 0 Å². The van der Waals surface area contributed by atoms with Crippen LogP contribution < -0.4 is 5.32 Å². The second-order valence-electron chi connectivity index (χ2n) is 14.0. The standard InChI is InChI=1S/C41H79NO5/c1-3-5-7-9-11-13-15-16-17-18-19-20-21-22-23-24-25-27-29-31-33-35-39(45)41(47)42-37(36-43)40(46)38(44)34-32-30-28-26-14-12-10-8-6-4-2/h8,10,26,28,37-40,43-46H,3-7,9,11-25,27,29-36H2,1-2H3,(H,42,47)/b10-8+,28-26+. The number of carbonyl (C=O) groups excluding carboxylic acids is 1. The fraction of sp³-hybridized carbons (Fsp3) is 0.878. The SMILES string of the molecule is CCC/C=C/CC/C=C/CCCC(O)C(O)C(CO)NC(=O)C(O)CCCCCCCCCCCCCCCCCCCCCCC. The van der Waals surface area contributed by atoms with Gasteiger partial charge in [0.15, 0.2) is 0 Å². The molecule has 47 heavy (non-hydrogen) atoms. The van der Waals surface area contributed by atoms with Crippen molar-refractivity contribution in [3.8, 4) is 0 Å². The summed E-state index contributed by atoms with van der Waals surface area (Å²) in [6, 6.07) is -1.00. The molecule has 0 spiro atoms. The molecular formula is C41H79NO5. The van der Waals surface area contributed by atoms with Crippen LogP contribution in [0.25, 0.3) is 0 Å². The number of allylic oxidation sites excluding steroid dienone is 4. The van der Waals surface area contributed by atoms with E-state index in [1.807, 2.05) is 0 Å². The highest BCUT2D eigenvalue weighted by Crippen LogP contribution is 2.16. The smallest absolute Gasteiger partial charge is 0.249 e. The number of amides is 1. The zero-order valence-electron chi connectivity index (χ0n) is 31.0. The number of hydrogen-bond acceptors (Lipinski definition) is 5. The third-order valence-corrected chi connectivity index (χ3v) is 9.37. The fourth-order valence-corrected chi connectivity index (χ4v) is 6.13. The van der Waals surface area contributed by atoms with Crippen LogP contribution in [0.1, 0.15) is 200 Å². The first kappa shape index (κ1) is 45.8. The molecule has 0 aromatic rings. The number of aliphatic hydroxyl groups is 4. The van der Waals surface area contributed by atoms with E-state index in [4.69, 9.17) is 0 Å². The molecule has 0 aliphatic carbocycles. The summed E-state index contributed by atoms with van der Waals surface area (Å²) in [5.41, 5.74) is 0. The quantitative estimate of drug-likeness (QED) is 0.0338. The Kier molecular flexibility index (Phi) is 35.2. The number of aliphatic hydroxyl groups excluding tert-OH is 4. The Morgan fingerprint density at radius 2 is 0.915 bits per heavy atom. The third-order valence-electron chi connectivity index (χ3n) is 9.37. The molecule has 6 nitrogen and oxygen atoms in total. The van der Waals surface area contributed by atoms with Gasteiger partial charge in [-0.3, -0.25) is 4.79 Å². The van der Waals surface area contributed by atoms with Gasteiger partial charge >= 0.3 is 0 Å². The van der Waals surface area contributed by atoms with E-state index in [9.17, 15) is 25.2 Å². The van der Waals surface area contributed by atoms with E-state index in [1.165, 1.54) is 122 Å². The molecule has 0 aliphatic heterocycles. The molecule has 0 rings (SSSR count). The first-order chi connectivity index (χ1) is 23.0. The molecule has 1 amide bonds. The number of hydrogen-bond donors (Lipinski definition) is 5. The van der Waals surface area contributed by atoms with Gasteiger partial charge in [-0.25, -0.2) is 0 Å². The molecular weight excluding hydrogens is 586 g/mol. The molecule has 4 atom stereocenters. The second kappa shape index (κ2) is 36.1. The van der Waals surface area contributed by atoms with Crippen LogP contribution in [0.15, 0.2) is 24.3 Å². The second-order valence-corrected chi connectivity index (χ2v) is 14.0. The van der Waals surface area contributed by atoms with Gasteiger partial charge in [-0.2, -0.15) is 0 Å². The van der Waals surface area contributed by atoms with Crippen molar-refractivity contribution in [1.82, 2.24) is 5.32 Å². The predicted octanol–water partition coefficient (Wildman–Crippen LogP) is 10.0. The molecule has 0 radical (unpaired) electrons. The number of carbonyl (C=O) groups is 1. The zero-order valence-corrected chi connectivity index (χ0v) is 31.0. The highest BCUT2D eigenvalue weighted by Gasteiger charge is 2.28. The minimum atomic E-state index is -1.28. The van der Waals surface area contributed by atoms with E-state index in [0.717, 1.165) is 44.9 Å². The molecule has 0 saturated heterocycles. The summed E-state index contributed by atoms with van der Waals surface area (Å²) in [6.07, 6.45) is 39.3. The van der Waals surface area contributed by atoms with Crippen LogP contribution in [0, 0.1) is 0 Å². The predicted molar refractivity (Wildman–Crippen MR) is 201 cm³/mol. The minimum absolute atomic E-state index is 0.363. The molecule has 0 fully saturated rings. The lowest BCUT2D eigenvalue weighted by Gasteiger charge is -2.27. The van der Waals surface area contributed by atoms with E-state index in [2.05, 4.69) is 43.5 Å². The Hall–Kier alpha value is -1.21. The van der Waals surface area contributed by atoms with Crippen LogP contribution in [0.5, 0.6) is 0 Å². The van der Waals surface area contributed by atoms with Crippen molar-refractivity contribution in [1.29, 1.82) is 0 Å². The number of unbranched alkanes of at least 4 members (excludes halogenated alkanes) is 23. The van der Waals surface area contributed by atoms with Gasteiger partial charge in [0, 0.05) is 0 Å². The van der Waals surface area contributed by atoms with Gasteiger partial charge in [-0.05, 0) is 44.9 Å². The Morgan fingerprint density at radius 3 is 1.34 bits per heavy atom. The lowest BCUT2D eigenvalue weighted by atomic mass is 10.00. The molecule has 0 aromatic carbocycles. The van der Waals surface area contributed by atoms with Gasteiger partial charge in [0.25, 0.3) is 0 Å². The summed E-state index contributed by atoms with van der Waals surface area (Å²) in [6.45, 7) is 3.95. The summed E-state index contributed by atoms with van der Waals surface area (Å²) in [5.74, 6) is -0.598. The minimum Gasteiger partial charge on any atom is -0.394 e. The first-order valence-electron chi connectivity index (χ1n) is 20.2. The summed E-state index contributed by atoms with van der Waals surface area (Å²) in [5, 5.41) is 43.4. The van der Waals surface area contributed by atoms with Crippen LogP contribution in [0.3, 0.4) is 0 Å². The van der Waals surface area contributed by atoms with Crippen molar-refractivity contribution in [2.45, 2.75) is 224 Å². The number of nitrogens with one attached hydrogen (secondary N) is 1. The van der Waals surface area contributed by atoms with Crippen LogP contribution in [-0.2, 0) is 4.79 Å². The molecule has 278 valence electrons. The maximum absolute atomic E-state index is 12.4. The van der Waals surface area contributed by atoms with Gasteiger partial charge in [-0.1, -0.05) is 179 Å². The lowest BCUT2D eigenvalue weighted by Crippen LogP contribution is -2.53. The number of rotatable bonds is 36. The van der Waals surface area contributed by atoms with Crippen molar-refractivity contribution in [2.24, 2.45) is 0 Å². The van der Waals surface area contributed by atoms with E-state index in [-0.39, 0.29) is 0 Å². The Morgan fingerprint density at radius 1 is 0.511 bits per heavy atom. The van der Waals surface area contributed by atoms with Crippen molar-refractivity contribution < 1.29 is 25.2 Å². The lowest BCUT2D eigenvalue weighted by molar-refractivity contribution is -0.132. The van der Waals surface area contributed by atoms with E-state index in [1.54, 1.807) is 0 Å². The summed E-state index contributed by atoms with van der Waals surface area (Å²) in [7, 11) is 0. The molecule has 4 unspecified atom stereocenters. The van der Waals surface area contributed by atoms with E-state index < -0.39 is 36.9 Å². The van der Waals surface area contributed by atoms with Crippen LogP contribution in [-0.4, -0.2) is 57.3 Å². The van der Waals surface area contributed by atoms with Gasteiger partial charge in [0.1, 0.15) is 12.2 Å². The van der Waals surface area contributed by atoms with Crippen molar-refractivity contribution in [2.75, 3.05) is 6.61 Å². The Labute approximate surface area is 291 Å². The molecule has 0 saturated carbocycles. The molecule has 0 aliphatic rings. The van der Waals surface area contributed by atoms with Crippen molar-refractivity contribution in [3.63, 3.8) is 0 Å². The first-order valence-corrected chi connectivity index (χ1v) is 20.2. The van der Waals surface area contributed by atoms with E-state index >= 15 is 0 Å². The third kappa shape index (κ3) is 30.6. The monoisotopic (exact) mass is 666 g/mol. The van der Waals surface area contributed by atoms with Crippen molar-refractivity contribution >= 4 is 5.91 Å². The van der Waals surface area contributed by atoms with Crippen molar-refractivity contribution in [3.05, 3.63) is 24.3 Å². The van der Waals surface area contributed by atoms with Crippen LogP contribution in [0.2, 0.25) is 0 Å². The molecule has 0 bridgehead atoms. The topological polar surface area (TPSA) is 110 Å². The average Bonchev–Trinajstić information content (AvgIpc) is 3.07. The zero-order chi connectivity index (χ0) is 34.6. The molecule has 6 heteroatoms. The van der Waals surface area contributed by atoms with E-state index in [0.29, 0.717) is 19.3 Å². The summed E-state index contributed by atoms with van der Waals surface area (Å²) < 4.78 is 0. The molecule has 0 heterocycles. The largest absolute Gasteiger partial charge is 0.394 e. The van der Waals surface area contributed by atoms with Gasteiger partial charge in [0.05, 0.1) is 18.8 Å². The Balaban J connectivity index is 3.71. The van der Waals surface area contributed by atoms with Gasteiger partial charge in [0.2, 0.25) is 5.91 Å². The average molecular weight is 666 g/mol. The Bertz CT molecular complexity index is 712. The maximum atomic E-state index is 12.4. The highest BCUT2D eigenvalue weighted by molar-refractivity contribution is 5.80. The maximum Gasteiger partial charge on any atom is 0.249 e. The van der Waals surface area contributed by atoms with Crippen LogP contribution >= 0.6 is 0 Å². The fourth-order valence-electron chi connectivity index (χ4n) is 6.13. The molecule has 0 aromatic heterocycles.